The lowest BCUT2D eigenvalue weighted by Crippen LogP contribution is -2.41. The van der Waals surface area contributed by atoms with Gasteiger partial charge in [-0.15, -0.1) is 0 Å². The maximum Gasteiger partial charge on any atom is 0.123 e. The van der Waals surface area contributed by atoms with Crippen molar-refractivity contribution in [2.24, 2.45) is 5.73 Å². The summed E-state index contributed by atoms with van der Waals surface area (Å²) in [6.45, 7) is 11.0. The number of aryl methyl sites for hydroxylation is 1. The molecule has 114 valence electrons. The molecule has 3 nitrogen and oxygen atoms in total. The van der Waals surface area contributed by atoms with Gasteiger partial charge in [0.15, 0.2) is 0 Å². The quantitative estimate of drug-likeness (QED) is 0.841. The van der Waals surface area contributed by atoms with Crippen molar-refractivity contribution in [2.75, 3.05) is 13.2 Å². The van der Waals surface area contributed by atoms with Gasteiger partial charge in [-0.25, -0.2) is 0 Å². The van der Waals surface area contributed by atoms with Gasteiger partial charge < -0.3 is 15.6 Å². The zero-order chi connectivity index (χ0) is 15.4. The third-order valence-corrected chi connectivity index (χ3v) is 3.55. The highest BCUT2D eigenvalue weighted by molar-refractivity contribution is 5.41. The van der Waals surface area contributed by atoms with Crippen LogP contribution in [0.1, 0.15) is 52.2 Å². The smallest absolute Gasteiger partial charge is 0.123 e. The number of benzene rings is 1. The molecule has 0 heterocycles. The second-order valence-electron chi connectivity index (χ2n) is 6.84. The molecule has 0 aliphatic rings. The summed E-state index contributed by atoms with van der Waals surface area (Å²) in [7, 11) is 0. The molecule has 1 rings (SSSR count). The monoisotopic (exact) mass is 279 g/mol. The first-order chi connectivity index (χ1) is 9.19. The Hall–Kier alpha value is -1.06. The van der Waals surface area contributed by atoms with Crippen molar-refractivity contribution in [1.29, 1.82) is 0 Å². The fourth-order valence-corrected chi connectivity index (χ4v) is 1.98. The van der Waals surface area contributed by atoms with Crippen LogP contribution in [-0.2, 0) is 11.8 Å². The van der Waals surface area contributed by atoms with Crippen molar-refractivity contribution in [3.05, 3.63) is 29.3 Å². The van der Waals surface area contributed by atoms with Gasteiger partial charge in [-0.2, -0.15) is 0 Å². The minimum Gasteiger partial charge on any atom is -0.493 e. The molecule has 0 amide bonds. The van der Waals surface area contributed by atoms with E-state index in [1.807, 2.05) is 13.0 Å². The maximum absolute atomic E-state index is 9.16. The third kappa shape index (κ3) is 4.80. The van der Waals surface area contributed by atoms with Crippen LogP contribution in [0.2, 0.25) is 0 Å². The Morgan fingerprint density at radius 3 is 2.35 bits per heavy atom. The van der Waals surface area contributed by atoms with Crippen molar-refractivity contribution in [3.63, 3.8) is 0 Å². The molecule has 0 spiro atoms. The van der Waals surface area contributed by atoms with E-state index in [0.29, 0.717) is 13.0 Å². The van der Waals surface area contributed by atoms with Gasteiger partial charge in [-0.3, -0.25) is 0 Å². The molecule has 0 saturated carbocycles. The van der Waals surface area contributed by atoms with Gasteiger partial charge in [0, 0.05) is 12.0 Å². The molecule has 0 fully saturated rings. The molecule has 1 aromatic rings. The second kappa shape index (κ2) is 6.59. The van der Waals surface area contributed by atoms with E-state index in [2.05, 4.69) is 39.8 Å². The minimum atomic E-state index is -0.578. The van der Waals surface area contributed by atoms with Crippen LogP contribution in [0.5, 0.6) is 5.75 Å². The van der Waals surface area contributed by atoms with Crippen molar-refractivity contribution >= 4 is 0 Å². The largest absolute Gasteiger partial charge is 0.493 e. The summed E-state index contributed by atoms with van der Waals surface area (Å²) in [5.74, 6) is 0.920. The Morgan fingerprint density at radius 2 is 1.85 bits per heavy atom. The summed E-state index contributed by atoms with van der Waals surface area (Å²) in [6.07, 6.45) is 1.65. The predicted molar refractivity (Wildman–Crippen MR) is 84.3 cm³/mol. The van der Waals surface area contributed by atoms with Gasteiger partial charge in [-0.05, 0) is 36.0 Å². The first-order valence-electron chi connectivity index (χ1n) is 7.35. The Balaban J connectivity index is 2.84. The van der Waals surface area contributed by atoms with Crippen molar-refractivity contribution in [3.8, 4) is 5.75 Å². The highest BCUT2D eigenvalue weighted by Crippen LogP contribution is 2.32. The summed E-state index contributed by atoms with van der Waals surface area (Å²) >= 11 is 0. The Bertz CT molecular complexity index is 433. The Morgan fingerprint density at radius 1 is 1.20 bits per heavy atom. The molecule has 0 aliphatic heterocycles. The van der Waals surface area contributed by atoms with E-state index < -0.39 is 5.54 Å². The molecule has 0 radical (unpaired) electrons. The summed E-state index contributed by atoms with van der Waals surface area (Å²) in [6, 6.07) is 6.38. The second-order valence-corrected chi connectivity index (χ2v) is 6.84. The average molecular weight is 279 g/mol. The van der Waals surface area contributed by atoms with Crippen molar-refractivity contribution in [1.82, 2.24) is 0 Å². The highest BCUT2D eigenvalue weighted by Gasteiger charge is 2.21. The maximum atomic E-state index is 9.16. The van der Waals surface area contributed by atoms with E-state index >= 15 is 0 Å². The van der Waals surface area contributed by atoms with E-state index in [4.69, 9.17) is 15.6 Å². The molecule has 0 aliphatic carbocycles. The third-order valence-electron chi connectivity index (χ3n) is 3.55. The Kier molecular flexibility index (Phi) is 5.60. The topological polar surface area (TPSA) is 55.5 Å². The summed E-state index contributed by atoms with van der Waals surface area (Å²) < 4.78 is 5.91. The Labute approximate surface area is 123 Å². The molecule has 1 atom stereocenters. The first-order valence-corrected chi connectivity index (χ1v) is 7.35. The van der Waals surface area contributed by atoms with E-state index in [9.17, 15) is 0 Å². The molecular formula is C17H29NO2. The molecule has 0 bridgehead atoms. The van der Waals surface area contributed by atoms with Gasteiger partial charge in [0.2, 0.25) is 0 Å². The van der Waals surface area contributed by atoms with Gasteiger partial charge >= 0.3 is 0 Å². The lowest BCUT2D eigenvalue weighted by atomic mass is 9.85. The minimum absolute atomic E-state index is 0.0305. The predicted octanol–water partition coefficient (Wildman–Crippen LogP) is 3.03. The van der Waals surface area contributed by atoms with Crippen LogP contribution >= 0.6 is 0 Å². The number of rotatable bonds is 6. The fourth-order valence-electron chi connectivity index (χ4n) is 1.98. The SMILES string of the molecule is CCc1ccc(OCCC(C)(N)CO)c(C(C)(C)C)c1. The molecule has 3 N–H and O–H groups in total. The average Bonchev–Trinajstić information content (AvgIpc) is 2.37. The fraction of sp³-hybridized carbons (Fsp3) is 0.647. The number of hydrogen-bond donors (Lipinski definition) is 2. The number of aliphatic hydroxyl groups excluding tert-OH is 1. The summed E-state index contributed by atoms with van der Waals surface area (Å²) in [4.78, 5) is 0. The van der Waals surface area contributed by atoms with Crippen LogP contribution in [0.25, 0.3) is 0 Å². The molecule has 0 aromatic heterocycles. The van der Waals surface area contributed by atoms with Gasteiger partial charge in [0.05, 0.1) is 13.2 Å². The molecule has 3 heteroatoms. The normalized spacial score (nSPS) is 14.9. The highest BCUT2D eigenvalue weighted by atomic mass is 16.5. The van der Waals surface area contributed by atoms with Crippen LogP contribution in [0, 0.1) is 0 Å². The van der Waals surface area contributed by atoms with Gasteiger partial charge in [0.25, 0.3) is 0 Å². The molecule has 20 heavy (non-hydrogen) atoms. The van der Waals surface area contributed by atoms with Gasteiger partial charge in [-0.1, -0.05) is 39.8 Å². The first kappa shape index (κ1) is 17.0. The number of nitrogens with two attached hydrogens (primary N) is 1. The standard InChI is InChI=1S/C17H29NO2/c1-6-13-7-8-15(14(11-13)16(2,3)4)20-10-9-17(5,18)12-19/h7-8,11,19H,6,9-10,12,18H2,1-5H3. The molecule has 1 aromatic carbocycles. The van der Waals surface area contributed by atoms with Crippen LogP contribution in [0.15, 0.2) is 18.2 Å². The zero-order valence-electron chi connectivity index (χ0n) is 13.5. The van der Waals surface area contributed by atoms with Crippen molar-refractivity contribution in [2.45, 2.75) is 58.4 Å². The molecular weight excluding hydrogens is 250 g/mol. The summed E-state index contributed by atoms with van der Waals surface area (Å²) in [5, 5.41) is 9.16. The van der Waals surface area contributed by atoms with Crippen LogP contribution in [0.3, 0.4) is 0 Å². The van der Waals surface area contributed by atoms with Crippen LogP contribution < -0.4 is 10.5 Å². The van der Waals surface area contributed by atoms with Crippen molar-refractivity contribution < 1.29 is 9.84 Å². The zero-order valence-corrected chi connectivity index (χ0v) is 13.5. The lowest BCUT2D eigenvalue weighted by Gasteiger charge is -2.25. The van der Waals surface area contributed by atoms with E-state index in [1.54, 1.807) is 0 Å². The van der Waals surface area contributed by atoms with Gasteiger partial charge in [0.1, 0.15) is 5.75 Å². The van der Waals surface area contributed by atoms with E-state index in [-0.39, 0.29) is 12.0 Å². The molecule has 0 saturated heterocycles. The number of aliphatic hydroxyl groups is 1. The lowest BCUT2D eigenvalue weighted by molar-refractivity contribution is 0.174. The number of hydrogen-bond acceptors (Lipinski definition) is 3. The van der Waals surface area contributed by atoms with Crippen LogP contribution in [-0.4, -0.2) is 23.9 Å². The number of ether oxygens (including phenoxy) is 1. The van der Waals surface area contributed by atoms with Crippen LogP contribution in [0.4, 0.5) is 0 Å². The molecule has 1 unspecified atom stereocenters. The van der Waals surface area contributed by atoms with E-state index in [0.717, 1.165) is 12.2 Å². The van der Waals surface area contributed by atoms with E-state index in [1.165, 1.54) is 11.1 Å². The summed E-state index contributed by atoms with van der Waals surface area (Å²) in [5.41, 5.74) is 7.93.